The fourth-order valence-electron chi connectivity index (χ4n) is 8.04. The van der Waals surface area contributed by atoms with Crippen molar-refractivity contribution in [3.8, 4) is 11.5 Å². The lowest BCUT2D eigenvalue weighted by molar-refractivity contribution is -0.142. The van der Waals surface area contributed by atoms with Crippen molar-refractivity contribution in [2.75, 3.05) is 37.1 Å². The minimum Gasteiger partial charge on any atom is -0.508 e. The number of amides is 7. The van der Waals surface area contributed by atoms with Crippen molar-refractivity contribution >= 4 is 81.7 Å². The number of para-hydroxylation sites is 1. The number of aromatic hydroxyl groups is 2. The van der Waals surface area contributed by atoms with Gasteiger partial charge in [0.1, 0.15) is 53.8 Å². The molecular formula is C52H72N10O11S2. The number of hydrogen-bond donors (Lipinski definition) is 13. The van der Waals surface area contributed by atoms with E-state index in [4.69, 9.17) is 11.5 Å². The van der Waals surface area contributed by atoms with E-state index in [9.17, 15) is 53.7 Å². The fraction of sp³-hybridized carbons (Fsp3) is 0.462. The molecule has 408 valence electrons. The number of nitrogens with two attached hydrogens (primary N) is 2. The molecule has 4 rings (SSSR count). The lowest BCUT2D eigenvalue weighted by Crippen LogP contribution is -2.61. The van der Waals surface area contributed by atoms with E-state index >= 15 is 0 Å². The highest BCUT2D eigenvalue weighted by atomic mass is 32.2. The van der Waals surface area contributed by atoms with Crippen LogP contribution in [-0.4, -0.2) is 147 Å². The standard InChI is InChI=1S/C52H72N10O11S2/c1-30(2)45(51(71)59-40(52(72)73)21-24-75-4)62-47(67)39(20-23-74-3)58-48(68)41(25-31-12-16-34(63)17-13-31)61-49(69)42(26-32-14-18-35(64)19-15-32)60-46(66)38(11-7-8-22-53)57-50(70)43(56-44(65)28-54)27-33-29-55-37-10-6-5-9-36(33)37/h5-6,9-10,12-19,29-30,38-43,45,55,63-64H,7-8,11,20-28,53-54H2,1-4H3,(H,56,65)(H,57,70)(H,58,68)(H,59,71)(H,60,66)(H,61,69)(H,62,67)(H,72,73)/t38-,39-,40-,41-,42-,43-,45-/m0/s1. The Morgan fingerprint density at radius 3 is 1.49 bits per heavy atom. The molecule has 7 amide bonds. The first-order valence-electron chi connectivity index (χ1n) is 24.7. The number of H-pyrrole nitrogens is 1. The quantitative estimate of drug-likeness (QED) is 0.0307. The van der Waals surface area contributed by atoms with Crippen LogP contribution in [0.2, 0.25) is 0 Å². The number of aliphatic carboxylic acids is 1. The Morgan fingerprint density at radius 1 is 0.547 bits per heavy atom. The molecule has 0 saturated carbocycles. The maximum Gasteiger partial charge on any atom is 0.326 e. The number of hydrogen-bond acceptors (Lipinski definition) is 14. The van der Waals surface area contributed by atoms with Crippen molar-refractivity contribution in [3.05, 3.63) is 95.7 Å². The summed E-state index contributed by atoms with van der Waals surface area (Å²) in [6.07, 6.45) is 6.23. The van der Waals surface area contributed by atoms with E-state index in [1.54, 1.807) is 56.8 Å². The first kappa shape index (κ1) is 60.7. The third-order valence-corrected chi connectivity index (χ3v) is 13.5. The highest BCUT2D eigenvalue weighted by Gasteiger charge is 2.35. The van der Waals surface area contributed by atoms with Crippen molar-refractivity contribution in [1.29, 1.82) is 0 Å². The predicted molar refractivity (Wildman–Crippen MR) is 290 cm³/mol. The fourth-order valence-corrected chi connectivity index (χ4v) is 8.98. The molecule has 0 saturated heterocycles. The van der Waals surface area contributed by atoms with Gasteiger partial charge in [-0.25, -0.2) is 4.79 Å². The number of phenols is 2. The zero-order chi connectivity index (χ0) is 55.0. The number of nitrogens with one attached hydrogen (secondary N) is 8. The van der Waals surface area contributed by atoms with Crippen LogP contribution in [0.15, 0.2) is 79.0 Å². The molecule has 75 heavy (non-hydrogen) atoms. The maximum atomic E-state index is 14.7. The smallest absolute Gasteiger partial charge is 0.326 e. The number of thioether (sulfide) groups is 2. The molecule has 0 aliphatic rings. The van der Waals surface area contributed by atoms with E-state index in [1.165, 1.54) is 47.8 Å². The average molecular weight is 1080 g/mol. The molecule has 3 aromatic carbocycles. The Bertz CT molecular complexity index is 2530. The lowest BCUT2D eigenvalue weighted by atomic mass is 10.00. The van der Waals surface area contributed by atoms with E-state index in [0.717, 1.165) is 16.5 Å². The zero-order valence-corrected chi connectivity index (χ0v) is 44.3. The number of aromatic amines is 1. The largest absolute Gasteiger partial charge is 0.508 e. The number of unbranched alkanes of at least 4 members (excludes halogenated alkanes) is 1. The number of carboxylic acid groups (broad SMARTS) is 1. The number of fused-ring (bicyclic) bond motifs is 1. The molecule has 0 spiro atoms. The number of phenolic OH excluding ortho intramolecular Hbond substituents is 2. The maximum absolute atomic E-state index is 14.7. The van der Waals surface area contributed by atoms with Crippen molar-refractivity contribution in [2.24, 2.45) is 17.4 Å². The second kappa shape index (κ2) is 31.2. The molecule has 7 atom stereocenters. The van der Waals surface area contributed by atoms with Crippen molar-refractivity contribution in [2.45, 2.75) is 108 Å². The Morgan fingerprint density at radius 2 is 1.00 bits per heavy atom. The molecule has 15 N–H and O–H groups in total. The molecule has 1 heterocycles. The van der Waals surface area contributed by atoms with Gasteiger partial charge in [-0.2, -0.15) is 23.5 Å². The van der Waals surface area contributed by atoms with Gasteiger partial charge in [-0.3, -0.25) is 33.6 Å². The molecule has 0 unspecified atom stereocenters. The number of carbonyl (C=O) groups is 8. The van der Waals surface area contributed by atoms with Crippen LogP contribution >= 0.6 is 23.5 Å². The molecule has 0 bridgehead atoms. The summed E-state index contributed by atoms with van der Waals surface area (Å²) in [6.45, 7) is 3.23. The highest BCUT2D eigenvalue weighted by Crippen LogP contribution is 2.20. The van der Waals surface area contributed by atoms with Gasteiger partial charge in [0.05, 0.1) is 6.54 Å². The van der Waals surface area contributed by atoms with E-state index < -0.39 is 102 Å². The Labute approximate surface area is 445 Å². The Kier molecular flexibility index (Phi) is 25.2. The summed E-state index contributed by atoms with van der Waals surface area (Å²) in [5, 5.41) is 49.7. The van der Waals surface area contributed by atoms with Crippen molar-refractivity contribution in [3.63, 3.8) is 0 Å². The monoisotopic (exact) mass is 1080 g/mol. The molecule has 0 radical (unpaired) electrons. The van der Waals surface area contributed by atoms with Crippen LogP contribution < -0.4 is 48.7 Å². The average Bonchev–Trinajstić information content (AvgIpc) is 3.80. The third-order valence-electron chi connectivity index (χ3n) is 12.3. The third kappa shape index (κ3) is 19.8. The molecule has 1 aromatic heterocycles. The van der Waals surface area contributed by atoms with Crippen LogP contribution in [0.1, 0.15) is 62.6 Å². The Hall–Kier alpha value is -6.82. The summed E-state index contributed by atoms with van der Waals surface area (Å²) < 4.78 is 0. The van der Waals surface area contributed by atoms with E-state index in [1.807, 2.05) is 24.3 Å². The van der Waals surface area contributed by atoms with E-state index in [-0.39, 0.29) is 56.6 Å². The van der Waals surface area contributed by atoms with Crippen LogP contribution in [0.3, 0.4) is 0 Å². The van der Waals surface area contributed by atoms with E-state index in [2.05, 4.69) is 42.2 Å². The second-order valence-corrected chi connectivity index (χ2v) is 20.3. The molecular weight excluding hydrogens is 1000 g/mol. The van der Waals surface area contributed by atoms with Crippen LogP contribution in [0.5, 0.6) is 11.5 Å². The first-order chi connectivity index (χ1) is 35.9. The number of aromatic nitrogens is 1. The highest BCUT2D eigenvalue weighted by molar-refractivity contribution is 7.98. The Balaban J connectivity index is 1.66. The van der Waals surface area contributed by atoms with Gasteiger partial charge >= 0.3 is 5.97 Å². The van der Waals surface area contributed by atoms with Crippen molar-refractivity contribution in [1.82, 2.24) is 42.2 Å². The summed E-state index contributed by atoms with van der Waals surface area (Å²) in [6, 6.07) is 10.3. The number of benzene rings is 3. The van der Waals surface area contributed by atoms with Gasteiger partial charge in [0, 0.05) is 36.4 Å². The summed E-state index contributed by atoms with van der Waals surface area (Å²) >= 11 is 2.81. The number of carbonyl (C=O) groups excluding carboxylic acids is 7. The predicted octanol–water partition coefficient (Wildman–Crippen LogP) is 1.34. The SMILES string of the molecule is CSCC[C@H](NC(=O)[C@@H](NC(=O)[C@H](CCSC)NC(=O)[C@H](Cc1ccc(O)cc1)NC(=O)[C@H](Cc1ccc(O)cc1)NC(=O)[C@H](CCCCN)NC(=O)[C@H](Cc1c[nH]c2ccccc12)NC(=O)CN)C(C)C)C(=O)O. The minimum absolute atomic E-state index is 0.0359. The molecule has 23 heteroatoms. The van der Waals surface area contributed by atoms with Gasteiger partial charge in [0.15, 0.2) is 0 Å². The van der Waals surface area contributed by atoms with Crippen LogP contribution in [0, 0.1) is 5.92 Å². The second-order valence-electron chi connectivity index (χ2n) is 18.4. The molecule has 0 aliphatic carbocycles. The molecule has 4 aromatic rings. The minimum atomic E-state index is -1.42. The van der Waals surface area contributed by atoms with Crippen LogP contribution in [0.25, 0.3) is 10.9 Å². The summed E-state index contributed by atoms with van der Waals surface area (Å²) in [7, 11) is 0. The molecule has 21 nitrogen and oxygen atoms in total. The van der Waals surface area contributed by atoms with Crippen molar-refractivity contribution < 1.29 is 53.7 Å². The normalized spacial score (nSPS) is 14.0. The zero-order valence-electron chi connectivity index (χ0n) is 42.7. The molecule has 0 fully saturated rings. The summed E-state index contributed by atoms with van der Waals surface area (Å²) in [5.41, 5.74) is 14.0. The number of rotatable bonds is 32. The molecule has 0 aliphatic heterocycles. The first-order valence-corrected chi connectivity index (χ1v) is 27.5. The van der Waals surface area contributed by atoms with Gasteiger partial charge in [0.25, 0.3) is 0 Å². The van der Waals surface area contributed by atoms with Gasteiger partial charge in [-0.05, 0) is 116 Å². The summed E-state index contributed by atoms with van der Waals surface area (Å²) in [4.78, 5) is 113. The summed E-state index contributed by atoms with van der Waals surface area (Å²) in [5.74, 6) is -6.18. The van der Waals surface area contributed by atoms with Gasteiger partial charge < -0.3 is 69.0 Å². The van der Waals surface area contributed by atoms with Crippen LogP contribution in [0.4, 0.5) is 0 Å². The lowest BCUT2D eigenvalue weighted by Gasteiger charge is -2.29. The number of carboxylic acids is 1. The van der Waals surface area contributed by atoms with Gasteiger partial charge in [-0.15, -0.1) is 0 Å². The van der Waals surface area contributed by atoms with E-state index in [0.29, 0.717) is 35.5 Å². The van der Waals surface area contributed by atoms with Gasteiger partial charge in [0.2, 0.25) is 41.4 Å². The van der Waals surface area contributed by atoms with Crippen LogP contribution in [-0.2, 0) is 57.6 Å². The topological polar surface area (TPSA) is 349 Å². The van der Waals surface area contributed by atoms with Gasteiger partial charge in [-0.1, -0.05) is 56.3 Å².